The van der Waals surface area contributed by atoms with Gasteiger partial charge in [0.05, 0.1) is 11.1 Å². The van der Waals surface area contributed by atoms with Crippen LogP contribution in [-0.4, -0.2) is 121 Å². The molecule has 0 bridgehead atoms. The molecule has 4 fully saturated rings. The number of alkyl carbamates (subject to hydrolysis) is 1. The predicted octanol–water partition coefficient (Wildman–Crippen LogP) is 11.7. The third-order valence-corrected chi connectivity index (χ3v) is 16.0. The molecule has 1 atom stereocenters. The number of aromatic nitrogens is 2. The Kier molecular flexibility index (Phi) is 24.5. The van der Waals surface area contributed by atoms with Crippen molar-refractivity contribution >= 4 is 108 Å². The number of hydroxylamine groups is 3. The first-order valence-electron chi connectivity index (χ1n) is 28.9. The van der Waals surface area contributed by atoms with Gasteiger partial charge in [-0.2, -0.15) is 0 Å². The number of hydrogen-bond donors (Lipinski definition) is 4. The van der Waals surface area contributed by atoms with Gasteiger partial charge in [0.1, 0.15) is 24.8 Å². The normalized spacial score (nSPS) is 17.2. The summed E-state index contributed by atoms with van der Waals surface area (Å²) in [5.74, 6) is 0.289. The molecule has 4 aliphatic heterocycles. The molecule has 1 unspecified atom stereocenters. The zero-order valence-corrected chi connectivity index (χ0v) is 55.5. The molecule has 5 N–H and O–H groups in total. The fourth-order valence-corrected chi connectivity index (χ4v) is 11.4. The average molecular weight is 1560 g/mol. The third kappa shape index (κ3) is 17.9. The summed E-state index contributed by atoms with van der Waals surface area (Å²) in [5.41, 5.74) is 18.0. The van der Waals surface area contributed by atoms with Crippen LogP contribution in [0, 0.1) is 11.8 Å². The quantitative estimate of drug-likeness (QED) is 0.0342. The van der Waals surface area contributed by atoms with Gasteiger partial charge in [-0.15, -0.1) is 0 Å². The molecule has 87 heavy (non-hydrogen) atoms. The summed E-state index contributed by atoms with van der Waals surface area (Å²) >= 11 is 7.39. The molecule has 20 nitrogen and oxygen atoms in total. The van der Waals surface area contributed by atoms with E-state index in [2.05, 4.69) is 115 Å². The minimum absolute atomic E-state index is 0.0511. The van der Waals surface area contributed by atoms with E-state index < -0.39 is 23.9 Å². The van der Waals surface area contributed by atoms with E-state index in [9.17, 15) is 28.8 Å². The van der Waals surface area contributed by atoms with Gasteiger partial charge in [-0.05, 0) is 126 Å². The van der Waals surface area contributed by atoms with E-state index in [4.69, 9.17) is 34.7 Å². The molecule has 0 spiro atoms. The van der Waals surface area contributed by atoms with E-state index in [-0.39, 0.29) is 60.1 Å². The molecule has 6 heterocycles. The van der Waals surface area contributed by atoms with Crippen LogP contribution in [0.2, 0.25) is 0 Å². The SMILES string of the molecule is NCC1CCN(c2ccc(C(=O)NOC3CCCCO3)cn2)CC1.O=C(NCC1CCN(c2ccc(C(=O)O)cn2)CC1)OCC1c2ccccc2-c2ccccc21.O=C(OCC1c2ccccc2-c2ccccc21)ON1C(=O)CCC1=O.[I][V]([I])[I]. The van der Waals surface area contributed by atoms with Crippen LogP contribution in [0.5, 0.6) is 0 Å². The van der Waals surface area contributed by atoms with Gasteiger partial charge in [0, 0.05) is 82.8 Å². The Bertz CT molecular complexity index is 3220. The number of aromatic carboxylic acids is 1. The number of imide groups is 1. The van der Waals surface area contributed by atoms with Crippen LogP contribution < -0.4 is 26.3 Å². The molecule has 24 heteroatoms. The van der Waals surface area contributed by atoms with Crippen molar-refractivity contribution in [2.24, 2.45) is 17.6 Å². The first kappa shape index (κ1) is 65.5. The molecular formula is C63H68I3N8O12V. The number of nitrogens with one attached hydrogen (secondary N) is 2. The number of piperidine rings is 2. The molecular weight excluding hydrogens is 1490 g/mol. The van der Waals surface area contributed by atoms with Crippen LogP contribution >= 0.6 is 59.9 Å². The van der Waals surface area contributed by atoms with Gasteiger partial charge in [0.2, 0.25) is 0 Å². The van der Waals surface area contributed by atoms with Crippen molar-refractivity contribution in [3.63, 3.8) is 0 Å². The van der Waals surface area contributed by atoms with Crippen LogP contribution in [0.4, 0.5) is 21.2 Å². The number of nitrogens with zero attached hydrogens (tertiary/aromatic N) is 5. The second-order valence-corrected chi connectivity index (χ2v) is 56.8. The zero-order chi connectivity index (χ0) is 61.2. The van der Waals surface area contributed by atoms with Crippen molar-refractivity contribution in [1.29, 1.82) is 0 Å². The number of nitrogens with two attached hydrogens (primary N) is 1. The number of carboxylic acids is 1. The third-order valence-electron chi connectivity index (χ3n) is 16.0. The van der Waals surface area contributed by atoms with Crippen molar-refractivity contribution in [2.45, 2.75) is 75.9 Å². The van der Waals surface area contributed by atoms with E-state index in [1.807, 2.05) is 78.9 Å². The number of carboxylic acid groups (broad SMARTS) is 1. The number of carbonyl (C=O) groups is 6. The summed E-state index contributed by atoms with van der Waals surface area (Å²) in [6.45, 7) is 5.95. The molecule has 458 valence electrons. The summed E-state index contributed by atoms with van der Waals surface area (Å²) < 4.78 is 16.2. The molecule has 2 aliphatic carbocycles. The fourth-order valence-electron chi connectivity index (χ4n) is 11.4. The predicted molar refractivity (Wildman–Crippen MR) is 349 cm³/mol. The first-order chi connectivity index (χ1) is 42.2. The van der Waals surface area contributed by atoms with Crippen molar-refractivity contribution in [3.8, 4) is 22.3 Å². The van der Waals surface area contributed by atoms with Gasteiger partial charge in [-0.1, -0.05) is 102 Å². The summed E-state index contributed by atoms with van der Waals surface area (Å²) in [6.07, 6.45) is 8.23. The maximum absolute atomic E-state index is 12.4. The van der Waals surface area contributed by atoms with Crippen LogP contribution in [0.1, 0.15) is 113 Å². The molecule has 6 aromatic rings. The summed E-state index contributed by atoms with van der Waals surface area (Å²) in [4.78, 5) is 93.2. The van der Waals surface area contributed by atoms with E-state index in [1.54, 1.807) is 24.4 Å². The number of benzene rings is 4. The molecule has 6 aliphatic rings. The topological polar surface area (TPSA) is 254 Å². The van der Waals surface area contributed by atoms with E-state index >= 15 is 0 Å². The molecule has 0 saturated carbocycles. The number of pyridine rings is 2. The van der Waals surface area contributed by atoms with Crippen molar-refractivity contribution in [2.75, 3.05) is 68.9 Å². The number of hydrogen-bond acceptors (Lipinski definition) is 16. The van der Waals surface area contributed by atoms with Gasteiger partial charge in [0.15, 0.2) is 6.29 Å². The van der Waals surface area contributed by atoms with Gasteiger partial charge in [-0.25, -0.2) is 34.7 Å². The second-order valence-electron chi connectivity index (χ2n) is 21.4. The van der Waals surface area contributed by atoms with Crippen molar-refractivity contribution < 1.29 is 62.7 Å². The standard InChI is InChI=1S/C27H27N3O4.C19H15NO5.C17H26N4O3.3HI.V/c31-26(32)19-9-10-25(28-16-19)30-13-11-18(12-14-30)15-29-27(33)34-17-24-22-7-3-1-5-20(22)21-6-2-4-8-23(21)24;21-17-9-10-18(22)20(17)25-19(23)24-11-16-14-7-3-1-5-12(14)13-6-2-4-8-15(13)16;18-11-13-6-8-21(9-7-13)15-5-4-14(12-19-15)17(22)20-24-16-3-1-2-10-23-16;;;;/h1-10,16,18,24H,11-15,17H2,(H,29,33)(H,31,32);1-8,16H,9-11H2;4-5,12-13,16H,1-3,6-11,18H2,(H,20,22);3*1H;/q;;;;;;+3/p-3. The minimum atomic E-state index is -1.05. The van der Waals surface area contributed by atoms with Crippen LogP contribution in [0.15, 0.2) is 134 Å². The van der Waals surface area contributed by atoms with Gasteiger partial charge < -0.3 is 40.2 Å². The molecule has 0 radical (unpaired) electrons. The van der Waals surface area contributed by atoms with E-state index in [0.29, 0.717) is 42.2 Å². The van der Waals surface area contributed by atoms with Crippen LogP contribution in [0.3, 0.4) is 0 Å². The molecule has 12 rings (SSSR count). The number of fused-ring (bicyclic) bond motifs is 6. The number of rotatable bonds is 14. The number of ether oxygens (including phenoxy) is 3. The first-order valence-corrected chi connectivity index (χ1v) is 42.4. The number of carbonyl (C=O) groups excluding carboxylic acids is 5. The van der Waals surface area contributed by atoms with Gasteiger partial charge in [-0.3, -0.25) is 19.2 Å². The Morgan fingerprint density at radius 2 is 1.08 bits per heavy atom. The zero-order valence-electron chi connectivity index (χ0n) is 47.6. The van der Waals surface area contributed by atoms with Crippen molar-refractivity contribution in [1.82, 2.24) is 25.8 Å². The molecule has 4 aromatic carbocycles. The van der Waals surface area contributed by atoms with Gasteiger partial charge >= 0.3 is 83.1 Å². The maximum atomic E-state index is 12.4. The van der Waals surface area contributed by atoms with Crippen LogP contribution in [-0.2, 0) is 38.4 Å². The number of amides is 4. The Morgan fingerprint density at radius 3 is 1.52 bits per heavy atom. The summed E-state index contributed by atoms with van der Waals surface area (Å²) in [6, 6.07) is 39.5. The number of anilines is 2. The molecule has 4 saturated heterocycles. The molecule has 4 amide bonds. The second kappa shape index (κ2) is 32.5. The van der Waals surface area contributed by atoms with Crippen LogP contribution in [0.25, 0.3) is 22.3 Å². The Labute approximate surface area is 542 Å². The van der Waals surface area contributed by atoms with Gasteiger partial charge in [0.25, 0.3) is 17.7 Å². The summed E-state index contributed by atoms with van der Waals surface area (Å²) in [7, 11) is 0. The monoisotopic (exact) mass is 1560 g/mol. The fraction of sp³-hybridized carbons (Fsp3) is 0.365. The number of halogens is 3. The Hall–Kier alpha value is -5.95. The Morgan fingerprint density at radius 1 is 0.621 bits per heavy atom. The Balaban J connectivity index is 0.000000154. The average Bonchev–Trinajstić information content (AvgIpc) is 2.05. The van der Waals surface area contributed by atoms with E-state index in [1.165, 1.54) is 28.5 Å². The molecule has 2 aromatic heterocycles. The summed E-state index contributed by atoms with van der Waals surface area (Å²) in [5, 5.41) is 12.4. The van der Waals surface area contributed by atoms with E-state index in [0.717, 1.165) is 112 Å². The van der Waals surface area contributed by atoms with Crippen molar-refractivity contribution in [3.05, 3.63) is 167 Å².